The van der Waals surface area contributed by atoms with Crippen LogP contribution in [0, 0.1) is 13.8 Å². The number of rotatable bonds is 5. The van der Waals surface area contributed by atoms with Crippen LogP contribution in [0.15, 0.2) is 36.4 Å². The van der Waals surface area contributed by atoms with Crippen LogP contribution in [-0.2, 0) is 4.79 Å². The van der Waals surface area contributed by atoms with Gasteiger partial charge in [0.2, 0.25) is 0 Å². The Hall–Kier alpha value is -2.64. The van der Waals surface area contributed by atoms with E-state index in [-0.39, 0.29) is 10.9 Å². The molecule has 0 fully saturated rings. The van der Waals surface area contributed by atoms with E-state index in [2.05, 4.69) is 20.6 Å². The van der Waals surface area contributed by atoms with E-state index in [9.17, 15) is 4.79 Å². The number of anilines is 1. The average Bonchev–Trinajstić information content (AvgIpc) is 2.99. The minimum Gasteiger partial charge on any atom is -0.479 e. The van der Waals surface area contributed by atoms with Gasteiger partial charge in [0.1, 0.15) is 16.6 Å². The molecule has 2 aromatic heterocycles. The molecule has 0 saturated heterocycles. The Morgan fingerprint density at radius 3 is 2.63 bits per heavy atom. The van der Waals surface area contributed by atoms with Crippen molar-refractivity contribution in [2.24, 2.45) is 0 Å². The van der Waals surface area contributed by atoms with Gasteiger partial charge >= 0.3 is 0 Å². The van der Waals surface area contributed by atoms with Crippen molar-refractivity contribution >= 4 is 34.9 Å². The Bertz CT molecular complexity index is 972. The molecule has 3 rings (SSSR count). The van der Waals surface area contributed by atoms with Crippen LogP contribution in [0.1, 0.15) is 18.3 Å². The number of aryl methyl sites for hydroxylation is 2. The molecule has 3 aromatic rings. The summed E-state index contributed by atoms with van der Waals surface area (Å²) in [7, 11) is 0. The average molecular weight is 406 g/mol. The van der Waals surface area contributed by atoms with Crippen molar-refractivity contribution in [3.05, 3.63) is 57.8 Å². The summed E-state index contributed by atoms with van der Waals surface area (Å²) >= 11 is 12.1. The van der Waals surface area contributed by atoms with E-state index in [0.29, 0.717) is 22.4 Å². The Labute approximate surface area is 166 Å². The van der Waals surface area contributed by atoms with Gasteiger partial charge in [-0.2, -0.15) is 14.9 Å². The predicted octanol–water partition coefficient (Wildman–Crippen LogP) is 3.99. The van der Waals surface area contributed by atoms with E-state index < -0.39 is 6.10 Å². The molecule has 27 heavy (non-hydrogen) atoms. The van der Waals surface area contributed by atoms with Crippen LogP contribution in [0.4, 0.5) is 5.82 Å². The second-order valence-electron chi connectivity index (χ2n) is 5.92. The fourth-order valence-corrected chi connectivity index (χ4v) is 2.65. The number of hydrogen-bond acceptors (Lipinski definition) is 5. The molecule has 0 aliphatic heterocycles. The molecule has 7 nitrogen and oxygen atoms in total. The van der Waals surface area contributed by atoms with Gasteiger partial charge in [-0.3, -0.25) is 4.79 Å². The van der Waals surface area contributed by atoms with Crippen LogP contribution in [0.2, 0.25) is 10.0 Å². The monoisotopic (exact) mass is 405 g/mol. The minimum atomic E-state index is -0.811. The summed E-state index contributed by atoms with van der Waals surface area (Å²) in [6, 6.07) is 10.3. The zero-order valence-corrected chi connectivity index (χ0v) is 16.4. The number of amides is 1. The van der Waals surface area contributed by atoms with E-state index in [1.807, 2.05) is 19.9 Å². The van der Waals surface area contributed by atoms with Crippen LogP contribution >= 0.6 is 23.2 Å². The normalized spacial score (nSPS) is 11.9. The molecule has 1 N–H and O–H groups in total. The van der Waals surface area contributed by atoms with E-state index in [0.717, 1.165) is 11.4 Å². The second kappa shape index (κ2) is 7.94. The number of ether oxygens (including phenoxy) is 1. The number of carbonyl (C=O) groups is 1. The minimum absolute atomic E-state index is 0.259. The van der Waals surface area contributed by atoms with Crippen molar-refractivity contribution < 1.29 is 9.53 Å². The lowest BCUT2D eigenvalue weighted by molar-refractivity contribution is -0.122. The number of aromatic nitrogens is 4. The van der Waals surface area contributed by atoms with Crippen LogP contribution in [0.25, 0.3) is 5.82 Å². The first-order valence-corrected chi connectivity index (χ1v) is 8.89. The maximum Gasteiger partial charge on any atom is 0.266 e. The van der Waals surface area contributed by atoms with E-state index in [1.54, 1.807) is 37.3 Å². The van der Waals surface area contributed by atoms with Gasteiger partial charge in [0.25, 0.3) is 5.91 Å². The van der Waals surface area contributed by atoms with Crippen LogP contribution < -0.4 is 10.1 Å². The zero-order chi connectivity index (χ0) is 19.6. The number of nitrogens with zero attached hydrogens (tertiary/aromatic N) is 4. The second-order valence-corrected chi connectivity index (χ2v) is 6.70. The molecule has 0 spiro atoms. The molecule has 9 heteroatoms. The molecule has 1 amide bonds. The summed E-state index contributed by atoms with van der Waals surface area (Å²) in [5, 5.41) is 15.9. The van der Waals surface area contributed by atoms with Gasteiger partial charge in [0.15, 0.2) is 11.9 Å². The molecule has 0 aliphatic rings. The van der Waals surface area contributed by atoms with E-state index in [1.165, 1.54) is 4.68 Å². The van der Waals surface area contributed by atoms with Crippen LogP contribution in [0.5, 0.6) is 5.75 Å². The molecule has 0 radical (unpaired) electrons. The Balaban J connectivity index is 1.78. The van der Waals surface area contributed by atoms with Crippen molar-refractivity contribution in [3.8, 4) is 11.6 Å². The van der Waals surface area contributed by atoms with Crippen molar-refractivity contribution in [3.63, 3.8) is 0 Å². The lowest BCUT2D eigenvalue weighted by atomic mass is 10.3. The molecule has 0 bridgehead atoms. The van der Waals surface area contributed by atoms with Gasteiger partial charge in [-0.05, 0) is 45.0 Å². The molecule has 0 saturated carbocycles. The zero-order valence-electron chi connectivity index (χ0n) is 14.9. The fourth-order valence-electron chi connectivity index (χ4n) is 2.31. The summed E-state index contributed by atoms with van der Waals surface area (Å²) < 4.78 is 7.15. The summed E-state index contributed by atoms with van der Waals surface area (Å²) in [6.07, 6.45) is -0.811. The van der Waals surface area contributed by atoms with Crippen molar-refractivity contribution in [1.82, 2.24) is 20.0 Å². The Kier molecular flexibility index (Phi) is 5.62. The standard InChI is InChI=1S/C18H17Cl2N5O2/c1-10-7-8-15(23-22-10)25-16(9-11(2)24-25)21-18(26)12(3)27-14-6-4-5-13(19)17(14)20/h4-9,12H,1-3H3,(H,21,26)/t12-/m0/s1. The number of hydrogen-bond donors (Lipinski definition) is 1. The summed E-state index contributed by atoms with van der Waals surface area (Å²) in [4.78, 5) is 12.6. The highest BCUT2D eigenvalue weighted by Crippen LogP contribution is 2.32. The molecular formula is C18H17Cl2N5O2. The molecular weight excluding hydrogens is 389 g/mol. The quantitative estimate of drug-likeness (QED) is 0.693. The third-order valence-electron chi connectivity index (χ3n) is 3.67. The number of carbonyl (C=O) groups excluding carboxylic acids is 1. The predicted molar refractivity (Wildman–Crippen MR) is 104 cm³/mol. The van der Waals surface area contributed by atoms with Gasteiger partial charge in [-0.1, -0.05) is 29.3 Å². The van der Waals surface area contributed by atoms with Gasteiger partial charge in [-0.15, -0.1) is 5.10 Å². The first-order valence-electron chi connectivity index (χ1n) is 8.14. The van der Waals surface area contributed by atoms with Crippen molar-refractivity contribution in [2.45, 2.75) is 26.9 Å². The molecule has 0 unspecified atom stereocenters. The van der Waals surface area contributed by atoms with Crippen molar-refractivity contribution in [2.75, 3.05) is 5.32 Å². The molecule has 1 aromatic carbocycles. The summed E-state index contributed by atoms with van der Waals surface area (Å²) in [5.74, 6) is 0.923. The molecule has 140 valence electrons. The highest BCUT2D eigenvalue weighted by atomic mass is 35.5. The third kappa shape index (κ3) is 4.37. The van der Waals surface area contributed by atoms with Crippen LogP contribution in [0.3, 0.4) is 0 Å². The van der Waals surface area contributed by atoms with Gasteiger partial charge < -0.3 is 10.1 Å². The maximum absolute atomic E-state index is 12.6. The first kappa shape index (κ1) is 19.1. The Morgan fingerprint density at radius 2 is 1.93 bits per heavy atom. The first-order chi connectivity index (χ1) is 12.8. The van der Waals surface area contributed by atoms with E-state index >= 15 is 0 Å². The highest BCUT2D eigenvalue weighted by Gasteiger charge is 2.20. The SMILES string of the molecule is Cc1ccc(-n2nc(C)cc2NC(=O)[C@H](C)Oc2cccc(Cl)c2Cl)nn1. The largest absolute Gasteiger partial charge is 0.479 e. The molecule has 2 heterocycles. The third-order valence-corrected chi connectivity index (χ3v) is 4.47. The highest BCUT2D eigenvalue weighted by molar-refractivity contribution is 6.42. The van der Waals surface area contributed by atoms with Crippen LogP contribution in [-0.4, -0.2) is 32.0 Å². The lowest BCUT2D eigenvalue weighted by Crippen LogP contribution is -2.31. The van der Waals surface area contributed by atoms with Gasteiger partial charge in [0, 0.05) is 6.07 Å². The smallest absolute Gasteiger partial charge is 0.266 e. The summed E-state index contributed by atoms with van der Waals surface area (Å²) in [6.45, 7) is 5.28. The van der Waals surface area contributed by atoms with Gasteiger partial charge in [0.05, 0.1) is 16.4 Å². The van der Waals surface area contributed by atoms with Crippen molar-refractivity contribution in [1.29, 1.82) is 0 Å². The number of benzene rings is 1. The number of halogens is 2. The van der Waals surface area contributed by atoms with E-state index in [4.69, 9.17) is 27.9 Å². The molecule has 1 atom stereocenters. The number of nitrogens with one attached hydrogen (secondary N) is 1. The maximum atomic E-state index is 12.6. The topological polar surface area (TPSA) is 81.9 Å². The molecule has 0 aliphatic carbocycles. The van der Waals surface area contributed by atoms with Gasteiger partial charge in [-0.25, -0.2) is 0 Å². The lowest BCUT2D eigenvalue weighted by Gasteiger charge is -2.16. The Morgan fingerprint density at radius 1 is 1.15 bits per heavy atom. The summed E-state index contributed by atoms with van der Waals surface area (Å²) in [5.41, 5.74) is 1.51. The fraction of sp³-hybridized carbons (Fsp3) is 0.222.